The Labute approximate surface area is 101 Å². The van der Waals surface area contributed by atoms with Crippen LogP contribution in [-0.4, -0.2) is 15.6 Å². The highest BCUT2D eigenvalue weighted by Crippen LogP contribution is 2.09. The van der Waals surface area contributed by atoms with E-state index in [-0.39, 0.29) is 5.78 Å². The summed E-state index contributed by atoms with van der Waals surface area (Å²) in [5, 5.41) is 4.00. The predicted molar refractivity (Wildman–Crippen MR) is 67.0 cm³/mol. The van der Waals surface area contributed by atoms with Gasteiger partial charge in [0, 0.05) is 19.7 Å². The lowest BCUT2D eigenvalue weighted by Crippen LogP contribution is -2.07. The van der Waals surface area contributed by atoms with Gasteiger partial charge in [0.1, 0.15) is 5.69 Å². The zero-order chi connectivity index (χ0) is 12.3. The van der Waals surface area contributed by atoms with E-state index >= 15 is 0 Å². The van der Waals surface area contributed by atoms with Crippen LogP contribution in [0.3, 0.4) is 0 Å². The average molecular weight is 228 g/mol. The Morgan fingerprint density at radius 1 is 1.35 bits per heavy atom. The van der Waals surface area contributed by atoms with Crippen molar-refractivity contribution in [1.82, 2.24) is 9.78 Å². The molecule has 0 spiro atoms. The maximum absolute atomic E-state index is 11.9. The van der Waals surface area contributed by atoms with E-state index in [4.69, 9.17) is 0 Å². The van der Waals surface area contributed by atoms with Crippen LogP contribution in [0.25, 0.3) is 0 Å². The molecule has 0 saturated heterocycles. The first-order valence-corrected chi connectivity index (χ1v) is 5.73. The van der Waals surface area contributed by atoms with Crippen LogP contribution < -0.4 is 0 Å². The Morgan fingerprint density at radius 2 is 2.18 bits per heavy atom. The number of aryl methyl sites for hydroxylation is 3. The van der Waals surface area contributed by atoms with Gasteiger partial charge in [-0.05, 0) is 25.0 Å². The van der Waals surface area contributed by atoms with Crippen LogP contribution in [0.4, 0.5) is 0 Å². The molecule has 0 aliphatic heterocycles. The smallest absolute Gasteiger partial charge is 0.181 e. The molecular formula is C14H16N2O. The Morgan fingerprint density at radius 3 is 2.82 bits per heavy atom. The van der Waals surface area contributed by atoms with Gasteiger partial charge in [-0.2, -0.15) is 5.10 Å². The van der Waals surface area contributed by atoms with Crippen LogP contribution in [0.2, 0.25) is 0 Å². The molecule has 2 rings (SSSR count). The van der Waals surface area contributed by atoms with Crippen molar-refractivity contribution in [2.45, 2.75) is 19.8 Å². The summed E-state index contributed by atoms with van der Waals surface area (Å²) in [4.78, 5) is 11.9. The Hall–Kier alpha value is -1.90. The SMILES string of the molecule is Cc1cccc(CCC(=O)c2ccnn2C)c1. The second-order valence-electron chi connectivity index (χ2n) is 4.25. The number of carbonyl (C=O) groups is 1. The lowest BCUT2D eigenvalue weighted by molar-refractivity contribution is 0.0973. The van der Waals surface area contributed by atoms with E-state index in [0.717, 1.165) is 6.42 Å². The molecule has 0 N–H and O–H groups in total. The number of carbonyl (C=O) groups excluding carboxylic acids is 1. The molecule has 0 unspecified atom stereocenters. The minimum atomic E-state index is 0.145. The van der Waals surface area contributed by atoms with Crippen molar-refractivity contribution in [2.24, 2.45) is 7.05 Å². The van der Waals surface area contributed by atoms with Gasteiger partial charge in [0.25, 0.3) is 0 Å². The Balaban J connectivity index is 1.99. The quantitative estimate of drug-likeness (QED) is 0.754. The first-order chi connectivity index (χ1) is 8.16. The van der Waals surface area contributed by atoms with Crippen LogP contribution in [0.15, 0.2) is 36.5 Å². The van der Waals surface area contributed by atoms with Crippen LogP contribution in [-0.2, 0) is 13.5 Å². The number of nitrogens with zero attached hydrogens (tertiary/aromatic N) is 2. The molecule has 1 aromatic carbocycles. The third kappa shape index (κ3) is 2.81. The molecule has 0 atom stereocenters. The maximum Gasteiger partial charge on any atom is 0.181 e. The largest absolute Gasteiger partial charge is 0.292 e. The molecule has 0 bridgehead atoms. The van der Waals surface area contributed by atoms with E-state index in [1.165, 1.54) is 11.1 Å². The normalized spacial score (nSPS) is 10.5. The van der Waals surface area contributed by atoms with Gasteiger partial charge in [-0.25, -0.2) is 0 Å². The maximum atomic E-state index is 11.9. The second-order valence-corrected chi connectivity index (χ2v) is 4.25. The van der Waals surface area contributed by atoms with Gasteiger partial charge < -0.3 is 0 Å². The van der Waals surface area contributed by atoms with Crippen molar-refractivity contribution in [3.05, 3.63) is 53.3 Å². The molecule has 0 radical (unpaired) electrons. The summed E-state index contributed by atoms with van der Waals surface area (Å²) < 4.78 is 1.62. The average Bonchev–Trinajstić information content (AvgIpc) is 2.72. The number of Topliss-reactive ketones (excluding diaryl/α,β-unsaturated/α-hetero) is 1. The molecule has 0 aliphatic carbocycles. The molecule has 3 nitrogen and oxygen atoms in total. The highest BCUT2D eigenvalue weighted by Gasteiger charge is 2.09. The van der Waals surface area contributed by atoms with Gasteiger partial charge >= 0.3 is 0 Å². The summed E-state index contributed by atoms with van der Waals surface area (Å²) in [5.41, 5.74) is 3.12. The minimum Gasteiger partial charge on any atom is -0.292 e. The molecule has 88 valence electrons. The first kappa shape index (κ1) is 11.6. The highest BCUT2D eigenvalue weighted by atomic mass is 16.1. The number of hydrogen-bond acceptors (Lipinski definition) is 2. The third-order valence-corrected chi connectivity index (χ3v) is 2.83. The van der Waals surface area contributed by atoms with E-state index in [2.05, 4.69) is 30.2 Å². The van der Waals surface area contributed by atoms with Crippen LogP contribution in [0, 0.1) is 6.92 Å². The molecule has 0 fully saturated rings. The molecule has 0 amide bonds. The van der Waals surface area contributed by atoms with Crippen molar-refractivity contribution in [3.63, 3.8) is 0 Å². The molecule has 2 aromatic rings. The van der Waals surface area contributed by atoms with Gasteiger partial charge in [0.15, 0.2) is 5.78 Å². The molecule has 1 aromatic heterocycles. The zero-order valence-corrected chi connectivity index (χ0v) is 10.2. The van der Waals surface area contributed by atoms with E-state index in [9.17, 15) is 4.79 Å². The summed E-state index contributed by atoms with van der Waals surface area (Å²) in [5.74, 6) is 0.145. The fourth-order valence-corrected chi connectivity index (χ4v) is 1.90. The van der Waals surface area contributed by atoms with Crippen LogP contribution in [0.1, 0.15) is 28.0 Å². The highest BCUT2D eigenvalue weighted by molar-refractivity contribution is 5.94. The first-order valence-electron chi connectivity index (χ1n) is 5.73. The number of ketones is 1. The van der Waals surface area contributed by atoms with Gasteiger partial charge in [-0.1, -0.05) is 29.8 Å². The third-order valence-electron chi connectivity index (χ3n) is 2.83. The molecule has 1 heterocycles. The summed E-state index contributed by atoms with van der Waals surface area (Å²) in [6, 6.07) is 10.0. The van der Waals surface area contributed by atoms with Crippen molar-refractivity contribution in [2.75, 3.05) is 0 Å². The monoisotopic (exact) mass is 228 g/mol. The van der Waals surface area contributed by atoms with Crippen LogP contribution >= 0.6 is 0 Å². The standard InChI is InChI=1S/C14H16N2O/c1-11-4-3-5-12(10-11)6-7-14(17)13-8-9-15-16(13)2/h3-5,8-10H,6-7H2,1-2H3. The second kappa shape index (κ2) is 4.95. The van der Waals surface area contributed by atoms with E-state index < -0.39 is 0 Å². The molecule has 0 saturated carbocycles. The topological polar surface area (TPSA) is 34.9 Å². The van der Waals surface area contributed by atoms with Gasteiger partial charge in [0.05, 0.1) is 0 Å². The summed E-state index contributed by atoms with van der Waals surface area (Å²) >= 11 is 0. The Bertz CT molecular complexity index is 529. The Kier molecular flexibility index (Phi) is 3.38. The van der Waals surface area contributed by atoms with Crippen molar-refractivity contribution < 1.29 is 4.79 Å². The molecular weight excluding hydrogens is 212 g/mol. The van der Waals surface area contributed by atoms with Crippen molar-refractivity contribution in [1.29, 1.82) is 0 Å². The van der Waals surface area contributed by atoms with E-state index in [0.29, 0.717) is 12.1 Å². The number of rotatable bonds is 4. The van der Waals surface area contributed by atoms with E-state index in [1.54, 1.807) is 24.0 Å². The van der Waals surface area contributed by atoms with Crippen molar-refractivity contribution in [3.8, 4) is 0 Å². The van der Waals surface area contributed by atoms with Crippen molar-refractivity contribution >= 4 is 5.78 Å². The molecule has 0 aliphatic rings. The van der Waals surface area contributed by atoms with Gasteiger partial charge in [-0.15, -0.1) is 0 Å². The predicted octanol–water partition coefficient (Wildman–Crippen LogP) is 2.54. The lowest BCUT2D eigenvalue weighted by Gasteiger charge is -2.03. The van der Waals surface area contributed by atoms with Gasteiger partial charge in [0.2, 0.25) is 0 Å². The number of benzene rings is 1. The molecule has 3 heteroatoms. The summed E-state index contributed by atoms with van der Waals surface area (Å²) in [6.07, 6.45) is 2.97. The van der Waals surface area contributed by atoms with Gasteiger partial charge in [-0.3, -0.25) is 9.48 Å². The lowest BCUT2D eigenvalue weighted by atomic mass is 10.0. The minimum absolute atomic E-state index is 0.145. The number of aromatic nitrogens is 2. The molecule has 17 heavy (non-hydrogen) atoms. The zero-order valence-electron chi connectivity index (χ0n) is 10.2. The van der Waals surface area contributed by atoms with Crippen LogP contribution in [0.5, 0.6) is 0 Å². The summed E-state index contributed by atoms with van der Waals surface area (Å²) in [6.45, 7) is 2.06. The van der Waals surface area contributed by atoms with E-state index in [1.807, 2.05) is 6.07 Å². The number of hydrogen-bond donors (Lipinski definition) is 0. The fraction of sp³-hybridized carbons (Fsp3) is 0.286. The summed E-state index contributed by atoms with van der Waals surface area (Å²) in [7, 11) is 1.79. The fourth-order valence-electron chi connectivity index (χ4n) is 1.90.